The Hall–Kier alpha value is -1.63. The third-order valence-corrected chi connectivity index (χ3v) is 2.01. The van der Waals surface area contributed by atoms with Crippen LogP contribution in [0, 0.1) is 5.95 Å². The number of alkyl halides is 2. The number of nitrogens with zero attached hydrogens (tertiary/aromatic N) is 1. The number of esters is 1. The summed E-state index contributed by atoms with van der Waals surface area (Å²) in [6.45, 7) is 1.33. The summed E-state index contributed by atoms with van der Waals surface area (Å²) in [4.78, 5) is 14.3. The van der Waals surface area contributed by atoms with Crippen molar-refractivity contribution in [3.8, 4) is 0 Å². The van der Waals surface area contributed by atoms with Crippen molar-refractivity contribution in [2.45, 2.75) is 19.9 Å². The second kappa shape index (κ2) is 5.62. The molecule has 0 radical (unpaired) electrons. The van der Waals surface area contributed by atoms with E-state index in [0.717, 1.165) is 6.07 Å². The lowest BCUT2D eigenvalue weighted by atomic mass is 10.1. The molecule has 0 saturated carbocycles. The van der Waals surface area contributed by atoms with Gasteiger partial charge in [0.15, 0.2) is 0 Å². The van der Waals surface area contributed by atoms with Crippen molar-refractivity contribution in [2.75, 3.05) is 6.61 Å². The van der Waals surface area contributed by atoms with Gasteiger partial charge >= 0.3 is 5.97 Å². The van der Waals surface area contributed by atoms with E-state index in [9.17, 15) is 18.0 Å². The monoisotopic (exact) mass is 248 g/mol. The highest BCUT2D eigenvalue weighted by molar-refractivity contribution is 5.89. The van der Waals surface area contributed by atoms with Gasteiger partial charge in [-0.15, -0.1) is 0 Å². The molecule has 0 saturated heterocycles. The Kier molecular flexibility index (Phi) is 4.45. The highest BCUT2D eigenvalue weighted by atomic mass is 19.3. The zero-order chi connectivity index (χ0) is 13.0. The minimum absolute atomic E-state index is 0.0484. The first-order valence-electron chi connectivity index (χ1n) is 4.85. The van der Waals surface area contributed by atoms with Crippen LogP contribution in [0.2, 0.25) is 0 Å². The molecule has 0 bridgehead atoms. The Bertz CT molecular complexity index is 424. The van der Waals surface area contributed by atoms with Crippen molar-refractivity contribution in [3.05, 3.63) is 28.8 Å². The van der Waals surface area contributed by atoms with Crippen LogP contribution in [0.5, 0.6) is 0 Å². The van der Waals surface area contributed by atoms with Gasteiger partial charge in [-0.05, 0) is 18.6 Å². The van der Waals surface area contributed by atoms with Crippen molar-refractivity contribution in [2.24, 2.45) is 5.73 Å². The van der Waals surface area contributed by atoms with Crippen molar-refractivity contribution in [1.82, 2.24) is 4.98 Å². The molecule has 0 aliphatic rings. The molecular weight excluding hydrogens is 237 g/mol. The normalized spacial score (nSPS) is 10.7. The quantitative estimate of drug-likeness (QED) is 0.651. The van der Waals surface area contributed by atoms with E-state index in [-0.39, 0.29) is 18.7 Å². The maximum atomic E-state index is 13.3. The van der Waals surface area contributed by atoms with Crippen molar-refractivity contribution >= 4 is 5.97 Å². The summed E-state index contributed by atoms with van der Waals surface area (Å²) in [5, 5.41) is 0. The molecule has 2 N–H and O–H groups in total. The molecule has 0 aliphatic heterocycles. The molecule has 1 aromatic heterocycles. The van der Waals surface area contributed by atoms with Gasteiger partial charge in [0.25, 0.3) is 6.43 Å². The largest absolute Gasteiger partial charge is 0.462 e. The minimum Gasteiger partial charge on any atom is -0.462 e. The molecule has 0 aliphatic carbocycles. The Morgan fingerprint density at radius 2 is 2.24 bits per heavy atom. The summed E-state index contributed by atoms with van der Waals surface area (Å²) >= 11 is 0. The SMILES string of the molecule is CCOC(=O)c1cc(CN)c(C(F)F)nc1F. The first-order valence-corrected chi connectivity index (χ1v) is 4.85. The number of hydrogen-bond donors (Lipinski definition) is 1. The number of hydrogen-bond acceptors (Lipinski definition) is 4. The van der Waals surface area contributed by atoms with Crippen LogP contribution in [0.1, 0.15) is 35.0 Å². The molecule has 4 nitrogen and oxygen atoms in total. The summed E-state index contributed by atoms with van der Waals surface area (Å²) < 4.78 is 42.8. The number of halogens is 3. The molecule has 7 heteroatoms. The Labute approximate surface area is 95.6 Å². The van der Waals surface area contributed by atoms with E-state index >= 15 is 0 Å². The fraction of sp³-hybridized carbons (Fsp3) is 0.400. The summed E-state index contributed by atoms with van der Waals surface area (Å²) in [5.41, 5.74) is 3.91. The Morgan fingerprint density at radius 1 is 1.59 bits per heavy atom. The molecular formula is C10H11F3N2O2. The summed E-state index contributed by atoms with van der Waals surface area (Å²) in [6.07, 6.45) is -2.95. The third-order valence-electron chi connectivity index (χ3n) is 2.01. The van der Waals surface area contributed by atoms with Crippen LogP contribution in [-0.4, -0.2) is 17.6 Å². The van der Waals surface area contributed by atoms with Crippen LogP contribution in [-0.2, 0) is 11.3 Å². The van der Waals surface area contributed by atoms with E-state index in [1.54, 1.807) is 6.92 Å². The highest BCUT2D eigenvalue weighted by Gasteiger charge is 2.22. The van der Waals surface area contributed by atoms with Gasteiger partial charge in [0, 0.05) is 6.54 Å². The zero-order valence-electron chi connectivity index (χ0n) is 9.04. The zero-order valence-corrected chi connectivity index (χ0v) is 9.04. The molecule has 0 fully saturated rings. The first-order chi connectivity index (χ1) is 8.01. The highest BCUT2D eigenvalue weighted by Crippen LogP contribution is 2.23. The van der Waals surface area contributed by atoms with E-state index < -0.39 is 29.6 Å². The minimum atomic E-state index is -2.95. The van der Waals surface area contributed by atoms with Crippen LogP contribution in [0.3, 0.4) is 0 Å². The molecule has 0 amide bonds. The van der Waals surface area contributed by atoms with Gasteiger partial charge in [-0.2, -0.15) is 4.39 Å². The molecule has 1 heterocycles. The van der Waals surface area contributed by atoms with Crippen LogP contribution in [0.4, 0.5) is 13.2 Å². The van der Waals surface area contributed by atoms with E-state index in [0.29, 0.717) is 0 Å². The maximum Gasteiger partial charge on any atom is 0.342 e. The smallest absolute Gasteiger partial charge is 0.342 e. The van der Waals surface area contributed by atoms with E-state index in [1.807, 2.05) is 0 Å². The predicted octanol–water partition coefficient (Wildman–Crippen LogP) is 1.79. The number of pyridine rings is 1. The number of carbonyl (C=O) groups excluding carboxylic acids is 1. The van der Waals surface area contributed by atoms with Crippen molar-refractivity contribution < 1.29 is 22.7 Å². The predicted molar refractivity (Wildman–Crippen MR) is 53.0 cm³/mol. The van der Waals surface area contributed by atoms with E-state index in [4.69, 9.17) is 5.73 Å². The number of carbonyl (C=O) groups is 1. The fourth-order valence-corrected chi connectivity index (χ4v) is 1.25. The van der Waals surface area contributed by atoms with Gasteiger partial charge in [-0.1, -0.05) is 0 Å². The first kappa shape index (κ1) is 13.4. The average molecular weight is 248 g/mol. The molecule has 0 spiro atoms. The number of ether oxygens (including phenoxy) is 1. The molecule has 1 rings (SSSR count). The average Bonchev–Trinajstić information content (AvgIpc) is 2.28. The molecule has 0 unspecified atom stereocenters. The molecule has 0 aromatic carbocycles. The number of aromatic nitrogens is 1. The lowest BCUT2D eigenvalue weighted by molar-refractivity contribution is 0.0518. The van der Waals surface area contributed by atoms with Crippen LogP contribution < -0.4 is 5.73 Å². The van der Waals surface area contributed by atoms with E-state index in [2.05, 4.69) is 9.72 Å². The van der Waals surface area contributed by atoms with Crippen LogP contribution >= 0.6 is 0 Å². The molecule has 0 atom stereocenters. The third kappa shape index (κ3) is 2.94. The van der Waals surface area contributed by atoms with Crippen LogP contribution in [0.25, 0.3) is 0 Å². The van der Waals surface area contributed by atoms with Gasteiger partial charge in [-0.3, -0.25) is 0 Å². The van der Waals surface area contributed by atoms with Gasteiger partial charge < -0.3 is 10.5 Å². The number of nitrogens with two attached hydrogens (primary N) is 1. The second-order valence-electron chi connectivity index (χ2n) is 3.10. The fourth-order valence-electron chi connectivity index (χ4n) is 1.25. The molecule has 94 valence electrons. The Morgan fingerprint density at radius 3 is 2.71 bits per heavy atom. The molecule has 17 heavy (non-hydrogen) atoms. The standard InChI is InChI=1S/C10H11F3N2O2/c1-2-17-10(16)6-3-5(4-14)7(8(11)12)15-9(6)13/h3,8H,2,4,14H2,1H3. The lowest BCUT2D eigenvalue weighted by Crippen LogP contribution is -2.13. The number of rotatable bonds is 4. The van der Waals surface area contributed by atoms with Gasteiger partial charge in [0.1, 0.15) is 11.3 Å². The lowest BCUT2D eigenvalue weighted by Gasteiger charge is -2.09. The van der Waals surface area contributed by atoms with Crippen molar-refractivity contribution in [1.29, 1.82) is 0 Å². The molecule has 1 aromatic rings. The van der Waals surface area contributed by atoms with Gasteiger partial charge in [0.05, 0.1) is 6.61 Å². The van der Waals surface area contributed by atoms with Crippen LogP contribution in [0.15, 0.2) is 6.07 Å². The van der Waals surface area contributed by atoms with E-state index in [1.165, 1.54) is 0 Å². The summed E-state index contributed by atoms with van der Waals surface area (Å²) in [5.74, 6) is -2.23. The summed E-state index contributed by atoms with van der Waals surface area (Å²) in [6, 6.07) is 0.946. The van der Waals surface area contributed by atoms with Gasteiger partial charge in [0.2, 0.25) is 5.95 Å². The Balaban J connectivity index is 3.22. The van der Waals surface area contributed by atoms with Crippen molar-refractivity contribution in [3.63, 3.8) is 0 Å². The van der Waals surface area contributed by atoms with Gasteiger partial charge in [-0.25, -0.2) is 18.6 Å². The summed E-state index contributed by atoms with van der Waals surface area (Å²) in [7, 11) is 0. The topological polar surface area (TPSA) is 65.2 Å². The maximum absolute atomic E-state index is 13.3. The second-order valence-corrected chi connectivity index (χ2v) is 3.10.